The number of hydrogen-bond acceptors (Lipinski definition) is 0. The van der Waals surface area contributed by atoms with Crippen LogP contribution in [0, 0.1) is 0 Å². The van der Waals surface area contributed by atoms with E-state index in [4.69, 9.17) is 0 Å². The Morgan fingerprint density at radius 1 is 1.18 bits per heavy atom. The van der Waals surface area contributed by atoms with E-state index in [-0.39, 0.29) is 18.9 Å². The van der Waals surface area contributed by atoms with E-state index in [0.717, 1.165) is 13.0 Å². The van der Waals surface area contributed by atoms with Crippen LogP contribution in [0.1, 0.15) is 5.56 Å². The molecule has 0 aliphatic heterocycles. The number of likely N-dealkylation sites (N-methyl/N-ethyl adjacent to an activating group) is 1. The second kappa shape index (κ2) is 6.49. The maximum absolute atomic E-state index is 4.03. The molecule has 0 aliphatic carbocycles. The first-order chi connectivity index (χ1) is 4.93. The van der Waals surface area contributed by atoms with Gasteiger partial charge in [-0.25, -0.2) is 0 Å². The Morgan fingerprint density at radius 2 is 1.82 bits per heavy atom. The van der Waals surface area contributed by atoms with Gasteiger partial charge in [-0.1, -0.05) is 30.3 Å². The minimum atomic E-state index is 0. The molecule has 0 saturated heterocycles. The third-order valence-corrected chi connectivity index (χ3v) is 1.47. The van der Waals surface area contributed by atoms with Gasteiger partial charge in [0.2, 0.25) is 0 Å². The number of benzene rings is 1. The zero-order valence-electron chi connectivity index (χ0n) is 7.25. The molecule has 0 unspecified atom stereocenters. The standard InChI is InChI=1S/C9H12N.Li/c1-10-8-7-9-5-3-2-4-6-9;/h2-6H,7-8H2,1H3;/q-1;+1. The largest absolute Gasteiger partial charge is 1.00 e. The molecule has 1 aromatic rings. The summed E-state index contributed by atoms with van der Waals surface area (Å²) in [5.41, 5.74) is 1.37. The average molecular weight is 141 g/mol. The number of rotatable bonds is 3. The van der Waals surface area contributed by atoms with E-state index in [1.54, 1.807) is 0 Å². The van der Waals surface area contributed by atoms with Gasteiger partial charge in [0.1, 0.15) is 0 Å². The maximum Gasteiger partial charge on any atom is 1.00 e. The Hall–Kier alpha value is -0.223. The van der Waals surface area contributed by atoms with Crippen LogP contribution in [-0.2, 0) is 6.42 Å². The van der Waals surface area contributed by atoms with Crippen molar-refractivity contribution in [1.82, 2.24) is 0 Å². The molecular weight excluding hydrogens is 129 g/mol. The van der Waals surface area contributed by atoms with E-state index < -0.39 is 0 Å². The molecule has 0 heterocycles. The average Bonchev–Trinajstić information content (AvgIpc) is 2.03. The molecule has 0 fully saturated rings. The molecule has 0 saturated carbocycles. The summed E-state index contributed by atoms with van der Waals surface area (Å²) >= 11 is 0. The van der Waals surface area contributed by atoms with Crippen molar-refractivity contribution in [2.75, 3.05) is 13.6 Å². The van der Waals surface area contributed by atoms with Gasteiger partial charge in [-0.3, -0.25) is 0 Å². The van der Waals surface area contributed by atoms with Gasteiger partial charge in [-0.05, 0) is 12.0 Å². The van der Waals surface area contributed by atoms with Gasteiger partial charge < -0.3 is 5.32 Å². The molecule has 0 aromatic heterocycles. The molecule has 0 atom stereocenters. The minimum absolute atomic E-state index is 0. The fourth-order valence-electron chi connectivity index (χ4n) is 0.886. The van der Waals surface area contributed by atoms with Crippen LogP contribution < -0.4 is 18.9 Å². The normalized spacial score (nSPS) is 8.82. The van der Waals surface area contributed by atoms with E-state index in [1.807, 2.05) is 13.1 Å². The second-order valence-electron chi connectivity index (χ2n) is 2.28. The van der Waals surface area contributed by atoms with Gasteiger partial charge in [-0.15, -0.1) is 6.54 Å². The van der Waals surface area contributed by atoms with Gasteiger partial charge in [0.05, 0.1) is 0 Å². The van der Waals surface area contributed by atoms with Gasteiger partial charge >= 0.3 is 18.9 Å². The van der Waals surface area contributed by atoms with Crippen molar-refractivity contribution >= 4 is 0 Å². The summed E-state index contributed by atoms with van der Waals surface area (Å²) in [5, 5.41) is 4.03. The molecule has 0 aliphatic rings. The van der Waals surface area contributed by atoms with Crippen molar-refractivity contribution in [2.45, 2.75) is 6.42 Å². The van der Waals surface area contributed by atoms with E-state index in [0.29, 0.717) is 0 Å². The van der Waals surface area contributed by atoms with Crippen LogP contribution in [0.4, 0.5) is 0 Å². The van der Waals surface area contributed by atoms with Crippen LogP contribution in [0.25, 0.3) is 5.32 Å². The molecule has 54 valence electrons. The molecule has 0 radical (unpaired) electrons. The monoisotopic (exact) mass is 141 g/mol. The molecule has 1 nitrogen and oxygen atoms in total. The fourth-order valence-corrected chi connectivity index (χ4v) is 0.886. The molecule has 0 bridgehead atoms. The first-order valence-corrected chi connectivity index (χ1v) is 3.53. The van der Waals surface area contributed by atoms with Crippen LogP contribution in [0.15, 0.2) is 30.3 Å². The Balaban J connectivity index is 0.000001000. The summed E-state index contributed by atoms with van der Waals surface area (Å²) in [5.74, 6) is 0. The maximum atomic E-state index is 4.03. The van der Waals surface area contributed by atoms with Gasteiger partial charge in [0.25, 0.3) is 0 Å². The second-order valence-corrected chi connectivity index (χ2v) is 2.28. The van der Waals surface area contributed by atoms with Crippen LogP contribution in [0.5, 0.6) is 0 Å². The third-order valence-electron chi connectivity index (χ3n) is 1.47. The Bertz CT molecular complexity index is 174. The summed E-state index contributed by atoms with van der Waals surface area (Å²) in [7, 11) is 1.85. The summed E-state index contributed by atoms with van der Waals surface area (Å²) < 4.78 is 0. The molecule has 1 rings (SSSR count). The third kappa shape index (κ3) is 4.26. The van der Waals surface area contributed by atoms with Gasteiger partial charge in [0, 0.05) is 0 Å². The first-order valence-electron chi connectivity index (χ1n) is 3.53. The topological polar surface area (TPSA) is 14.1 Å². The minimum Gasteiger partial charge on any atom is -0.665 e. The molecule has 0 N–H and O–H groups in total. The fraction of sp³-hybridized carbons (Fsp3) is 0.333. The first kappa shape index (κ1) is 10.8. The zero-order valence-corrected chi connectivity index (χ0v) is 7.25. The predicted octanol–water partition coefficient (Wildman–Crippen LogP) is -0.763. The zero-order chi connectivity index (χ0) is 7.23. The number of nitrogens with zero attached hydrogens (tertiary/aromatic N) is 1. The van der Waals surface area contributed by atoms with E-state index in [9.17, 15) is 0 Å². The summed E-state index contributed by atoms with van der Waals surface area (Å²) in [6.07, 6.45) is 1.07. The molecule has 11 heavy (non-hydrogen) atoms. The van der Waals surface area contributed by atoms with Crippen molar-refractivity contribution in [1.29, 1.82) is 0 Å². The molecule has 0 amide bonds. The molecule has 0 spiro atoms. The van der Waals surface area contributed by atoms with Crippen LogP contribution in [0.2, 0.25) is 0 Å². The van der Waals surface area contributed by atoms with Crippen LogP contribution >= 0.6 is 0 Å². The van der Waals surface area contributed by atoms with Crippen molar-refractivity contribution in [3.8, 4) is 0 Å². The summed E-state index contributed by atoms with van der Waals surface area (Å²) in [6, 6.07) is 10.4. The van der Waals surface area contributed by atoms with E-state index in [1.165, 1.54) is 5.56 Å². The molecule has 1 aromatic carbocycles. The van der Waals surface area contributed by atoms with Crippen molar-refractivity contribution in [2.24, 2.45) is 0 Å². The SMILES string of the molecule is C[N-]CCc1ccccc1.[Li+]. The van der Waals surface area contributed by atoms with Gasteiger partial charge in [0.15, 0.2) is 0 Å². The molecule has 2 heteroatoms. The van der Waals surface area contributed by atoms with E-state index in [2.05, 4.69) is 29.6 Å². The Kier molecular flexibility index (Phi) is 6.35. The molecular formula is C9H12LiN. The van der Waals surface area contributed by atoms with Crippen molar-refractivity contribution < 1.29 is 18.9 Å². The number of hydrogen-bond donors (Lipinski definition) is 0. The van der Waals surface area contributed by atoms with Crippen molar-refractivity contribution in [3.63, 3.8) is 0 Å². The summed E-state index contributed by atoms with van der Waals surface area (Å²) in [6.45, 7) is 0.935. The quantitative estimate of drug-likeness (QED) is 0.491. The predicted molar refractivity (Wildman–Crippen MR) is 44.3 cm³/mol. The van der Waals surface area contributed by atoms with Gasteiger partial charge in [-0.2, -0.15) is 7.05 Å². The summed E-state index contributed by atoms with van der Waals surface area (Å²) in [4.78, 5) is 0. The Morgan fingerprint density at radius 3 is 2.36 bits per heavy atom. The van der Waals surface area contributed by atoms with Crippen LogP contribution in [-0.4, -0.2) is 13.6 Å². The van der Waals surface area contributed by atoms with Crippen molar-refractivity contribution in [3.05, 3.63) is 41.2 Å². The smallest absolute Gasteiger partial charge is 0.665 e. The van der Waals surface area contributed by atoms with E-state index >= 15 is 0 Å². The van der Waals surface area contributed by atoms with Crippen LogP contribution in [0.3, 0.4) is 0 Å². The Labute approximate surface area is 80.4 Å².